The Bertz CT molecular complexity index is 367. The molecule has 2 rings (SSSR count). The number of aromatic nitrogens is 2. The minimum absolute atomic E-state index is 0.171. The summed E-state index contributed by atoms with van der Waals surface area (Å²) >= 11 is 0. The van der Waals surface area contributed by atoms with Crippen LogP contribution in [0, 0.1) is 0 Å². The Balaban J connectivity index is 2.14. The maximum Gasteiger partial charge on any atom is 0.138 e. The van der Waals surface area contributed by atoms with Crippen molar-refractivity contribution in [1.29, 1.82) is 0 Å². The molecule has 0 unspecified atom stereocenters. The second kappa shape index (κ2) is 7.06. The number of rotatable bonds is 6. The van der Waals surface area contributed by atoms with Crippen LogP contribution < -0.4 is 5.32 Å². The van der Waals surface area contributed by atoms with E-state index in [4.69, 9.17) is 4.74 Å². The average Bonchev–Trinajstić information content (AvgIpc) is 2.77. The van der Waals surface area contributed by atoms with Gasteiger partial charge in [-0.25, -0.2) is 4.98 Å². The fraction of sp³-hybridized carbons (Fsp3) is 0.800. The van der Waals surface area contributed by atoms with Crippen molar-refractivity contribution in [3.8, 4) is 0 Å². The molecule has 0 aliphatic heterocycles. The molecule has 1 heterocycles. The lowest BCUT2D eigenvalue weighted by Gasteiger charge is -2.30. The fourth-order valence-electron chi connectivity index (χ4n) is 2.97. The minimum atomic E-state index is -0.171. The molecule has 0 saturated heterocycles. The van der Waals surface area contributed by atoms with Gasteiger partial charge >= 0.3 is 0 Å². The third kappa shape index (κ3) is 3.57. The highest BCUT2D eigenvalue weighted by Gasteiger charge is 2.36. The Hall–Kier alpha value is -0.870. The first-order chi connectivity index (χ1) is 9.30. The van der Waals surface area contributed by atoms with Crippen molar-refractivity contribution in [2.75, 3.05) is 13.2 Å². The van der Waals surface area contributed by atoms with Gasteiger partial charge in [-0.15, -0.1) is 0 Å². The Morgan fingerprint density at radius 3 is 2.63 bits per heavy atom. The summed E-state index contributed by atoms with van der Waals surface area (Å²) in [6.07, 6.45) is 9.25. The second-order valence-corrected chi connectivity index (χ2v) is 5.38. The molecule has 1 saturated carbocycles. The quantitative estimate of drug-likeness (QED) is 0.777. The maximum absolute atomic E-state index is 6.14. The SMILES string of the molecule is CCNCc1cnc(C2(OCC)CCCCCC2)[nH]1. The first-order valence-corrected chi connectivity index (χ1v) is 7.70. The molecule has 0 amide bonds. The minimum Gasteiger partial charge on any atom is -0.367 e. The number of ether oxygens (including phenoxy) is 1. The van der Waals surface area contributed by atoms with Gasteiger partial charge in [-0.2, -0.15) is 0 Å². The summed E-state index contributed by atoms with van der Waals surface area (Å²) in [4.78, 5) is 8.08. The van der Waals surface area contributed by atoms with Crippen molar-refractivity contribution < 1.29 is 4.74 Å². The van der Waals surface area contributed by atoms with Crippen molar-refractivity contribution >= 4 is 0 Å². The van der Waals surface area contributed by atoms with E-state index >= 15 is 0 Å². The number of H-pyrrole nitrogens is 1. The van der Waals surface area contributed by atoms with Crippen LogP contribution in [0.1, 0.15) is 63.9 Å². The van der Waals surface area contributed by atoms with Gasteiger partial charge in [-0.05, 0) is 26.3 Å². The zero-order valence-corrected chi connectivity index (χ0v) is 12.3. The van der Waals surface area contributed by atoms with Gasteiger partial charge in [0.1, 0.15) is 11.4 Å². The van der Waals surface area contributed by atoms with Crippen molar-refractivity contribution in [1.82, 2.24) is 15.3 Å². The summed E-state index contributed by atoms with van der Waals surface area (Å²) in [6.45, 7) is 6.78. The molecular weight excluding hydrogens is 238 g/mol. The number of imidazole rings is 1. The highest BCUT2D eigenvalue weighted by atomic mass is 16.5. The molecule has 1 aliphatic carbocycles. The van der Waals surface area contributed by atoms with Crippen molar-refractivity contribution in [2.45, 2.75) is 64.5 Å². The Kier molecular flexibility index (Phi) is 5.40. The van der Waals surface area contributed by atoms with Crippen LogP contribution in [-0.2, 0) is 16.9 Å². The van der Waals surface area contributed by atoms with E-state index in [1.807, 2.05) is 6.20 Å². The molecular formula is C15H27N3O. The van der Waals surface area contributed by atoms with E-state index in [0.29, 0.717) is 0 Å². The third-order valence-electron chi connectivity index (χ3n) is 3.96. The number of hydrogen-bond donors (Lipinski definition) is 2. The lowest BCUT2D eigenvalue weighted by atomic mass is 9.93. The summed E-state index contributed by atoms with van der Waals surface area (Å²) in [5.41, 5.74) is 0.982. The van der Waals surface area contributed by atoms with Crippen LogP contribution in [0.15, 0.2) is 6.20 Å². The van der Waals surface area contributed by atoms with Gasteiger partial charge in [0, 0.05) is 25.0 Å². The maximum atomic E-state index is 6.14. The van der Waals surface area contributed by atoms with Crippen molar-refractivity contribution in [2.24, 2.45) is 0 Å². The molecule has 0 aromatic carbocycles. The van der Waals surface area contributed by atoms with Crippen LogP contribution in [0.25, 0.3) is 0 Å². The third-order valence-corrected chi connectivity index (χ3v) is 3.96. The van der Waals surface area contributed by atoms with Crippen LogP contribution in [0.2, 0.25) is 0 Å². The normalized spacial score (nSPS) is 19.3. The molecule has 1 aliphatic rings. The molecule has 4 heteroatoms. The van der Waals surface area contributed by atoms with Crippen LogP contribution in [0.5, 0.6) is 0 Å². The first-order valence-electron chi connectivity index (χ1n) is 7.70. The van der Waals surface area contributed by atoms with Crippen LogP contribution in [0.4, 0.5) is 0 Å². The van der Waals surface area contributed by atoms with Crippen molar-refractivity contribution in [3.05, 3.63) is 17.7 Å². The Morgan fingerprint density at radius 1 is 1.26 bits per heavy atom. The molecule has 0 bridgehead atoms. The number of nitrogens with one attached hydrogen (secondary N) is 2. The summed E-state index contributed by atoms with van der Waals surface area (Å²) in [5, 5.41) is 3.33. The van der Waals surface area contributed by atoms with Crippen LogP contribution >= 0.6 is 0 Å². The standard InChI is InChI=1S/C15H27N3O/c1-3-16-11-13-12-17-14(18-13)15(19-4-2)9-7-5-6-8-10-15/h12,16H,3-11H2,1-2H3,(H,17,18). The van der Waals surface area contributed by atoms with Gasteiger partial charge in [-0.1, -0.05) is 32.6 Å². The van der Waals surface area contributed by atoms with Gasteiger partial charge in [-0.3, -0.25) is 0 Å². The summed E-state index contributed by atoms with van der Waals surface area (Å²) in [7, 11) is 0. The van der Waals surface area contributed by atoms with Crippen LogP contribution in [0.3, 0.4) is 0 Å². The molecule has 0 spiro atoms. The van der Waals surface area contributed by atoms with E-state index in [-0.39, 0.29) is 5.60 Å². The Labute approximate surface area is 116 Å². The summed E-state index contributed by atoms with van der Waals surface area (Å²) in [5.74, 6) is 1.03. The summed E-state index contributed by atoms with van der Waals surface area (Å²) < 4.78 is 6.14. The van der Waals surface area contributed by atoms with Gasteiger partial charge in [0.05, 0.1) is 0 Å². The fourth-order valence-corrected chi connectivity index (χ4v) is 2.97. The van der Waals surface area contributed by atoms with Gasteiger partial charge in [0.25, 0.3) is 0 Å². The van der Waals surface area contributed by atoms with E-state index in [2.05, 4.69) is 29.1 Å². The molecule has 1 aromatic rings. The first kappa shape index (κ1) is 14.5. The van der Waals surface area contributed by atoms with Gasteiger partial charge in [0.2, 0.25) is 0 Å². The van der Waals surface area contributed by atoms with Gasteiger partial charge in [0.15, 0.2) is 0 Å². The van der Waals surface area contributed by atoms with Crippen LogP contribution in [-0.4, -0.2) is 23.1 Å². The molecule has 19 heavy (non-hydrogen) atoms. The number of hydrogen-bond acceptors (Lipinski definition) is 3. The van der Waals surface area contributed by atoms with E-state index in [1.54, 1.807) is 0 Å². The predicted molar refractivity (Wildman–Crippen MR) is 77.0 cm³/mol. The van der Waals surface area contributed by atoms with Crippen molar-refractivity contribution in [3.63, 3.8) is 0 Å². The van der Waals surface area contributed by atoms with E-state index < -0.39 is 0 Å². The topological polar surface area (TPSA) is 49.9 Å². The highest BCUT2D eigenvalue weighted by Crippen LogP contribution is 2.37. The summed E-state index contributed by atoms with van der Waals surface area (Å²) in [6, 6.07) is 0. The number of nitrogens with zero attached hydrogens (tertiary/aromatic N) is 1. The molecule has 0 atom stereocenters. The monoisotopic (exact) mass is 265 g/mol. The van der Waals surface area contributed by atoms with Gasteiger partial charge < -0.3 is 15.0 Å². The molecule has 1 fully saturated rings. The van der Waals surface area contributed by atoms with E-state index in [9.17, 15) is 0 Å². The smallest absolute Gasteiger partial charge is 0.138 e. The molecule has 2 N–H and O–H groups in total. The Morgan fingerprint density at radius 2 is 2.00 bits per heavy atom. The largest absolute Gasteiger partial charge is 0.367 e. The lowest BCUT2D eigenvalue weighted by Crippen LogP contribution is -2.31. The number of aromatic amines is 1. The molecule has 0 radical (unpaired) electrons. The average molecular weight is 265 g/mol. The van der Waals surface area contributed by atoms with E-state index in [0.717, 1.165) is 44.1 Å². The molecule has 108 valence electrons. The molecule has 4 nitrogen and oxygen atoms in total. The second-order valence-electron chi connectivity index (χ2n) is 5.38. The zero-order valence-electron chi connectivity index (χ0n) is 12.3. The predicted octanol–water partition coefficient (Wildman–Crippen LogP) is 3.11. The zero-order chi connectivity index (χ0) is 13.6. The van der Waals surface area contributed by atoms with E-state index in [1.165, 1.54) is 25.7 Å². The molecule has 1 aromatic heterocycles. The highest BCUT2D eigenvalue weighted by molar-refractivity contribution is 5.10. The lowest BCUT2D eigenvalue weighted by molar-refractivity contribution is -0.0619.